The van der Waals surface area contributed by atoms with Crippen molar-refractivity contribution >= 4 is 11.6 Å². The molecular weight excluding hydrogens is 276 g/mol. The molecule has 2 aromatic rings. The van der Waals surface area contributed by atoms with Crippen LogP contribution in [0.25, 0.3) is 0 Å². The van der Waals surface area contributed by atoms with Crippen LogP contribution in [0.15, 0.2) is 48.5 Å². The smallest absolute Gasteiger partial charge is 0.253 e. The van der Waals surface area contributed by atoms with Crippen molar-refractivity contribution in [2.24, 2.45) is 0 Å². The highest BCUT2D eigenvalue weighted by molar-refractivity contribution is 5.94. The fourth-order valence-corrected chi connectivity index (χ4v) is 2.75. The van der Waals surface area contributed by atoms with E-state index in [1.54, 1.807) is 0 Å². The molecule has 4 nitrogen and oxygen atoms in total. The zero-order chi connectivity index (χ0) is 15.5. The number of hydrogen-bond donors (Lipinski definition) is 1. The van der Waals surface area contributed by atoms with Gasteiger partial charge in [-0.15, -0.1) is 0 Å². The molecule has 1 atom stereocenters. The molecule has 0 bridgehead atoms. The molecule has 0 unspecified atom stereocenters. The van der Waals surface area contributed by atoms with E-state index in [4.69, 9.17) is 10.5 Å². The Morgan fingerprint density at radius 3 is 2.82 bits per heavy atom. The quantitative estimate of drug-likeness (QED) is 0.886. The molecule has 114 valence electrons. The van der Waals surface area contributed by atoms with Crippen molar-refractivity contribution in [3.63, 3.8) is 0 Å². The third kappa shape index (κ3) is 3.22. The van der Waals surface area contributed by atoms with Crippen LogP contribution in [-0.4, -0.2) is 30.0 Å². The molecular formula is C18H20N2O2. The lowest BCUT2D eigenvalue weighted by Crippen LogP contribution is -2.30. The van der Waals surface area contributed by atoms with Crippen LogP contribution in [0, 0.1) is 6.92 Å². The van der Waals surface area contributed by atoms with Gasteiger partial charge in [0.15, 0.2) is 0 Å². The Labute approximate surface area is 130 Å². The summed E-state index contributed by atoms with van der Waals surface area (Å²) in [5, 5.41) is 0. The lowest BCUT2D eigenvalue weighted by molar-refractivity contribution is 0.0772. The van der Waals surface area contributed by atoms with Crippen LogP contribution in [0.5, 0.6) is 5.75 Å². The molecule has 1 amide bonds. The maximum absolute atomic E-state index is 12.5. The fraction of sp³-hybridized carbons (Fsp3) is 0.278. The molecule has 0 aromatic heterocycles. The first-order valence-corrected chi connectivity index (χ1v) is 7.50. The van der Waals surface area contributed by atoms with Crippen molar-refractivity contribution in [1.82, 2.24) is 4.90 Å². The third-order valence-electron chi connectivity index (χ3n) is 3.86. The van der Waals surface area contributed by atoms with E-state index < -0.39 is 0 Å². The van der Waals surface area contributed by atoms with E-state index in [1.165, 1.54) is 0 Å². The Balaban J connectivity index is 1.63. The number of benzene rings is 2. The second-order valence-electron chi connectivity index (χ2n) is 5.72. The van der Waals surface area contributed by atoms with Crippen molar-refractivity contribution in [3.05, 3.63) is 59.7 Å². The van der Waals surface area contributed by atoms with E-state index in [2.05, 4.69) is 0 Å². The number of hydrogen-bond acceptors (Lipinski definition) is 3. The number of carbonyl (C=O) groups is 1. The Hall–Kier alpha value is -2.49. The normalized spacial score (nSPS) is 17.5. The summed E-state index contributed by atoms with van der Waals surface area (Å²) in [5.74, 6) is 0.831. The molecule has 2 N–H and O–H groups in total. The number of nitrogens with zero attached hydrogens (tertiary/aromatic N) is 1. The van der Waals surface area contributed by atoms with E-state index in [0.29, 0.717) is 12.2 Å². The van der Waals surface area contributed by atoms with Crippen LogP contribution in [0.1, 0.15) is 22.3 Å². The van der Waals surface area contributed by atoms with Gasteiger partial charge in [-0.25, -0.2) is 0 Å². The minimum atomic E-state index is 0.0237. The van der Waals surface area contributed by atoms with Crippen LogP contribution in [0.2, 0.25) is 0 Å². The van der Waals surface area contributed by atoms with E-state index in [-0.39, 0.29) is 12.0 Å². The summed E-state index contributed by atoms with van der Waals surface area (Å²) < 4.78 is 5.92. The molecule has 4 heteroatoms. The Morgan fingerprint density at radius 1 is 1.23 bits per heavy atom. The standard InChI is InChI=1S/C18H20N2O2/c1-13-4-2-5-14(10-13)18(21)20-9-8-17(12-20)22-16-7-3-6-15(19)11-16/h2-7,10-11,17H,8-9,12,19H2,1H3/t17-/m0/s1. The molecule has 0 aliphatic carbocycles. The van der Waals surface area contributed by atoms with Gasteiger partial charge in [-0.1, -0.05) is 23.8 Å². The Kier molecular flexibility index (Phi) is 4.00. The highest BCUT2D eigenvalue weighted by atomic mass is 16.5. The first-order chi connectivity index (χ1) is 10.6. The highest BCUT2D eigenvalue weighted by Gasteiger charge is 2.28. The third-order valence-corrected chi connectivity index (χ3v) is 3.86. The summed E-state index contributed by atoms with van der Waals surface area (Å²) in [7, 11) is 0. The monoisotopic (exact) mass is 296 g/mol. The Bertz CT molecular complexity index is 684. The summed E-state index contributed by atoms with van der Waals surface area (Å²) in [4.78, 5) is 14.4. The fourth-order valence-electron chi connectivity index (χ4n) is 2.75. The van der Waals surface area contributed by atoms with E-state index in [0.717, 1.165) is 29.8 Å². The molecule has 1 aliphatic heterocycles. The number of likely N-dealkylation sites (tertiary alicyclic amines) is 1. The SMILES string of the molecule is Cc1cccc(C(=O)N2CC[C@H](Oc3cccc(N)c3)C2)c1. The predicted molar refractivity (Wildman–Crippen MR) is 87.0 cm³/mol. The van der Waals surface area contributed by atoms with E-state index >= 15 is 0 Å². The lowest BCUT2D eigenvalue weighted by Gasteiger charge is -2.17. The van der Waals surface area contributed by atoms with Crippen LogP contribution in [0.3, 0.4) is 0 Å². The summed E-state index contributed by atoms with van der Waals surface area (Å²) in [6.07, 6.45) is 0.863. The number of nitrogens with two attached hydrogens (primary N) is 1. The number of carbonyl (C=O) groups excluding carboxylic acids is 1. The van der Waals surface area contributed by atoms with Gasteiger partial charge in [0.25, 0.3) is 5.91 Å². The second-order valence-corrected chi connectivity index (χ2v) is 5.72. The largest absolute Gasteiger partial charge is 0.488 e. The van der Waals surface area contributed by atoms with Gasteiger partial charge >= 0.3 is 0 Å². The van der Waals surface area contributed by atoms with Gasteiger partial charge in [-0.05, 0) is 31.2 Å². The van der Waals surface area contributed by atoms with Crippen molar-refractivity contribution in [3.8, 4) is 5.75 Å². The molecule has 1 fully saturated rings. The number of anilines is 1. The molecule has 0 saturated carbocycles. The zero-order valence-electron chi connectivity index (χ0n) is 12.7. The number of amides is 1. The van der Waals surface area contributed by atoms with Gasteiger partial charge in [-0.2, -0.15) is 0 Å². The van der Waals surface area contributed by atoms with Gasteiger partial charge in [0.2, 0.25) is 0 Å². The summed E-state index contributed by atoms with van der Waals surface area (Å²) in [5.41, 5.74) is 8.27. The minimum Gasteiger partial charge on any atom is -0.488 e. The molecule has 0 radical (unpaired) electrons. The number of nitrogen functional groups attached to an aromatic ring is 1. The predicted octanol–water partition coefficient (Wildman–Crippen LogP) is 2.87. The first-order valence-electron chi connectivity index (χ1n) is 7.50. The average molecular weight is 296 g/mol. The van der Waals surface area contributed by atoms with Crippen molar-refractivity contribution in [2.45, 2.75) is 19.4 Å². The van der Waals surface area contributed by atoms with E-state index in [1.807, 2.05) is 60.4 Å². The van der Waals surface area contributed by atoms with Crippen LogP contribution >= 0.6 is 0 Å². The Morgan fingerprint density at radius 2 is 2.05 bits per heavy atom. The molecule has 1 heterocycles. The highest BCUT2D eigenvalue weighted by Crippen LogP contribution is 2.21. The molecule has 1 saturated heterocycles. The number of aryl methyl sites for hydroxylation is 1. The van der Waals surface area contributed by atoms with Gasteiger partial charge in [0.1, 0.15) is 11.9 Å². The first kappa shape index (κ1) is 14.4. The van der Waals surface area contributed by atoms with Crippen molar-refractivity contribution < 1.29 is 9.53 Å². The van der Waals surface area contributed by atoms with Crippen LogP contribution in [0.4, 0.5) is 5.69 Å². The molecule has 2 aromatic carbocycles. The van der Waals surface area contributed by atoms with Crippen LogP contribution in [-0.2, 0) is 0 Å². The maximum atomic E-state index is 12.5. The molecule has 22 heavy (non-hydrogen) atoms. The summed E-state index contributed by atoms with van der Waals surface area (Å²) >= 11 is 0. The zero-order valence-corrected chi connectivity index (χ0v) is 12.7. The summed E-state index contributed by atoms with van der Waals surface area (Å²) in [6, 6.07) is 15.1. The van der Waals surface area contributed by atoms with Crippen molar-refractivity contribution in [2.75, 3.05) is 18.8 Å². The van der Waals surface area contributed by atoms with Gasteiger partial charge in [0, 0.05) is 30.3 Å². The van der Waals surface area contributed by atoms with Gasteiger partial charge in [-0.3, -0.25) is 4.79 Å². The minimum absolute atomic E-state index is 0.0237. The summed E-state index contributed by atoms with van der Waals surface area (Å²) in [6.45, 7) is 3.33. The van der Waals surface area contributed by atoms with E-state index in [9.17, 15) is 4.79 Å². The maximum Gasteiger partial charge on any atom is 0.253 e. The molecule has 1 aliphatic rings. The average Bonchev–Trinajstić information content (AvgIpc) is 2.95. The lowest BCUT2D eigenvalue weighted by atomic mass is 10.1. The number of ether oxygens (including phenoxy) is 1. The molecule has 0 spiro atoms. The topological polar surface area (TPSA) is 55.6 Å². The van der Waals surface area contributed by atoms with Gasteiger partial charge in [0.05, 0.1) is 6.54 Å². The van der Waals surface area contributed by atoms with Gasteiger partial charge < -0.3 is 15.4 Å². The molecule has 3 rings (SSSR count). The number of rotatable bonds is 3. The van der Waals surface area contributed by atoms with Crippen LogP contribution < -0.4 is 10.5 Å². The second kappa shape index (κ2) is 6.10. The van der Waals surface area contributed by atoms with Crippen molar-refractivity contribution in [1.29, 1.82) is 0 Å².